The minimum absolute atomic E-state index is 0.232. The number of aromatic nitrogens is 1. The SMILES string of the molecule is CC(C)NC(C)(CCCCSc1ccc(Cl)cn1)C(N)=O. The van der Waals surface area contributed by atoms with Crippen LogP contribution < -0.4 is 11.1 Å². The number of carbonyl (C=O) groups is 1. The molecule has 0 aliphatic rings. The second kappa shape index (κ2) is 8.61. The lowest BCUT2D eigenvalue weighted by atomic mass is 9.93. The Hall–Kier alpha value is -0.780. The van der Waals surface area contributed by atoms with E-state index in [9.17, 15) is 4.79 Å². The van der Waals surface area contributed by atoms with Gasteiger partial charge in [0.1, 0.15) is 0 Å². The van der Waals surface area contributed by atoms with Gasteiger partial charge in [0, 0.05) is 12.2 Å². The molecule has 0 radical (unpaired) electrons. The predicted octanol–water partition coefficient (Wildman–Crippen LogP) is 3.24. The highest BCUT2D eigenvalue weighted by atomic mass is 35.5. The summed E-state index contributed by atoms with van der Waals surface area (Å²) in [4.78, 5) is 15.8. The predicted molar refractivity (Wildman–Crippen MR) is 89.7 cm³/mol. The van der Waals surface area contributed by atoms with Gasteiger partial charge in [-0.1, -0.05) is 18.0 Å². The van der Waals surface area contributed by atoms with Crippen LogP contribution in [0.3, 0.4) is 0 Å². The highest BCUT2D eigenvalue weighted by Gasteiger charge is 2.30. The first kappa shape index (κ1) is 18.3. The zero-order valence-electron chi connectivity index (χ0n) is 12.9. The Kier molecular flexibility index (Phi) is 7.49. The first-order valence-electron chi connectivity index (χ1n) is 7.15. The van der Waals surface area contributed by atoms with Crippen LogP contribution in [0.1, 0.15) is 40.0 Å². The summed E-state index contributed by atoms with van der Waals surface area (Å²) < 4.78 is 0. The standard InChI is InChI=1S/C15H24ClN3OS/c1-11(2)19-15(3,14(17)20)8-4-5-9-21-13-7-6-12(16)10-18-13/h6-7,10-11,19H,4-5,8-9H2,1-3H3,(H2,17,20). The number of rotatable bonds is 9. The summed E-state index contributed by atoms with van der Waals surface area (Å²) >= 11 is 7.49. The Morgan fingerprint density at radius 3 is 2.71 bits per heavy atom. The monoisotopic (exact) mass is 329 g/mol. The molecule has 21 heavy (non-hydrogen) atoms. The first-order chi connectivity index (χ1) is 9.83. The van der Waals surface area contributed by atoms with E-state index in [0.29, 0.717) is 5.02 Å². The lowest BCUT2D eigenvalue weighted by molar-refractivity contribution is -0.124. The largest absolute Gasteiger partial charge is 0.368 e. The Bertz CT molecular complexity index is 453. The number of pyridine rings is 1. The molecule has 1 aromatic rings. The zero-order chi connectivity index (χ0) is 15.9. The summed E-state index contributed by atoms with van der Waals surface area (Å²) in [5.74, 6) is 0.675. The van der Waals surface area contributed by atoms with E-state index in [4.69, 9.17) is 17.3 Å². The zero-order valence-corrected chi connectivity index (χ0v) is 14.4. The van der Waals surface area contributed by atoms with E-state index in [1.807, 2.05) is 32.9 Å². The maximum Gasteiger partial charge on any atom is 0.237 e. The second-order valence-electron chi connectivity index (χ2n) is 5.62. The second-order valence-corrected chi connectivity index (χ2v) is 7.17. The Balaban J connectivity index is 2.31. The van der Waals surface area contributed by atoms with Crippen molar-refractivity contribution >= 4 is 29.3 Å². The number of hydrogen-bond acceptors (Lipinski definition) is 4. The van der Waals surface area contributed by atoms with Crippen LogP contribution in [0.2, 0.25) is 5.02 Å². The molecule has 6 heteroatoms. The molecular formula is C15H24ClN3OS. The number of amides is 1. The van der Waals surface area contributed by atoms with Gasteiger partial charge in [-0.25, -0.2) is 4.98 Å². The number of unbranched alkanes of at least 4 members (excludes halogenated alkanes) is 1. The van der Waals surface area contributed by atoms with Crippen LogP contribution in [0.15, 0.2) is 23.4 Å². The molecule has 0 aliphatic carbocycles. The van der Waals surface area contributed by atoms with Gasteiger partial charge in [0.2, 0.25) is 5.91 Å². The summed E-state index contributed by atoms with van der Waals surface area (Å²) in [7, 11) is 0. The van der Waals surface area contributed by atoms with Crippen molar-refractivity contribution in [2.24, 2.45) is 5.73 Å². The number of hydrogen-bond donors (Lipinski definition) is 2. The molecule has 0 fully saturated rings. The molecule has 4 nitrogen and oxygen atoms in total. The van der Waals surface area contributed by atoms with Crippen molar-refractivity contribution in [2.45, 2.75) is 56.6 Å². The normalized spacial score (nSPS) is 14.1. The molecule has 1 unspecified atom stereocenters. The van der Waals surface area contributed by atoms with Crippen molar-refractivity contribution < 1.29 is 4.79 Å². The van der Waals surface area contributed by atoms with Crippen LogP contribution in [0.25, 0.3) is 0 Å². The number of halogens is 1. The Morgan fingerprint density at radius 2 is 2.19 bits per heavy atom. The van der Waals surface area contributed by atoms with E-state index >= 15 is 0 Å². The molecule has 3 N–H and O–H groups in total. The number of nitrogens with one attached hydrogen (secondary N) is 1. The fourth-order valence-electron chi connectivity index (χ4n) is 2.11. The van der Waals surface area contributed by atoms with Gasteiger partial charge in [0.05, 0.1) is 15.6 Å². The van der Waals surface area contributed by atoms with Gasteiger partial charge in [0.15, 0.2) is 0 Å². The van der Waals surface area contributed by atoms with Gasteiger partial charge in [-0.15, -0.1) is 11.8 Å². The highest BCUT2D eigenvalue weighted by Crippen LogP contribution is 2.21. The van der Waals surface area contributed by atoms with Crippen molar-refractivity contribution in [2.75, 3.05) is 5.75 Å². The molecule has 118 valence electrons. The summed E-state index contributed by atoms with van der Waals surface area (Å²) in [5.41, 5.74) is 4.88. The summed E-state index contributed by atoms with van der Waals surface area (Å²) in [6.45, 7) is 5.91. The smallest absolute Gasteiger partial charge is 0.237 e. The third-order valence-electron chi connectivity index (χ3n) is 3.17. The summed E-state index contributed by atoms with van der Waals surface area (Å²) in [6, 6.07) is 3.99. The molecule has 0 aliphatic heterocycles. The van der Waals surface area contributed by atoms with Crippen LogP contribution >= 0.6 is 23.4 Å². The number of carbonyl (C=O) groups excluding carboxylic acids is 1. The third kappa shape index (κ3) is 6.68. The maximum absolute atomic E-state index is 11.6. The topological polar surface area (TPSA) is 68.0 Å². The van der Waals surface area contributed by atoms with Crippen LogP contribution in [0.5, 0.6) is 0 Å². The van der Waals surface area contributed by atoms with Crippen molar-refractivity contribution in [3.05, 3.63) is 23.4 Å². The number of nitrogens with zero attached hydrogens (tertiary/aromatic N) is 1. The van der Waals surface area contributed by atoms with Gasteiger partial charge < -0.3 is 11.1 Å². The molecule has 1 rings (SSSR count). The molecule has 1 atom stereocenters. The lowest BCUT2D eigenvalue weighted by Crippen LogP contribution is -2.55. The third-order valence-corrected chi connectivity index (χ3v) is 4.43. The van der Waals surface area contributed by atoms with Crippen LogP contribution in [0, 0.1) is 0 Å². The van der Waals surface area contributed by atoms with Gasteiger partial charge in [-0.05, 0) is 51.5 Å². The Labute approximate surface area is 136 Å². The van der Waals surface area contributed by atoms with Crippen LogP contribution in [-0.4, -0.2) is 28.2 Å². The van der Waals surface area contributed by atoms with Gasteiger partial charge in [-0.3, -0.25) is 4.79 Å². The molecular weight excluding hydrogens is 306 g/mol. The molecule has 1 heterocycles. The molecule has 0 saturated carbocycles. The fraction of sp³-hybridized carbons (Fsp3) is 0.600. The van der Waals surface area contributed by atoms with Crippen LogP contribution in [-0.2, 0) is 4.79 Å². The lowest BCUT2D eigenvalue weighted by Gasteiger charge is -2.29. The van der Waals surface area contributed by atoms with E-state index in [-0.39, 0.29) is 11.9 Å². The average molecular weight is 330 g/mol. The van der Waals surface area contributed by atoms with Crippen LogP contribution in [0.4, 0.5) is 0 Å². The summed E-state index contributed by atoms with van der Waals surface area (Å²) in [5, 5.41) is 4.88. The van der Waals surface area contributed by atoms with E-state index in [2.05, 4.69) is 10.3 Å². The van der Waals surface area contributed by atoms with E-state index in [1.54, 1.807) is 18.0 Å². The average Bonchev–Trinajstić information content (AvgIpc) is 2.39. The minimum atomic E-state index is -0.628. The van der Waals surface area contributed by atoms with Crippen molar-refractivity contribution in [3.8, 4) is 0 Å². The molecule has 1 amide bonds. The number of nitrogens with two attached hydrogens (primary N) is 1. The van der Waals surface area contributed by atoms with Gasteiger partial charge in [0.25, 0.3) is 0 Å². The van der Waals surface area contributed by atoms with Crippen molar-refractivity contribution in [1.29, 1.82) is 0 Å². The van der Waals surface area contributed by atoms with E-state index < -0.39 is 5.54 Å². The molecule has 0 saturated heterocycles. The van der Waals surface area contributed by atoms with E-state index in [1.165, 1.54) is 0 Å². The Morgan fingerprint density at radius 1 is 1.48 bits per heavy atom. The number of thioether (sulfide) groups is 1. The fourth-order valence-corrected chi connectivity index (χ4v) is 3.07. The molecule has 0 spiro atoms. The maximum atomic E-state index is 11.6. The van der Waals surface area contributed by atoms with Crippen molar-refractivity contribution in [1.82, 2.24) is 10.3 Å². The van der Waals surface area contributed by atoms with E-state index in [0.717, 1.165) is 30.0 Å². The molecule has 0 bridgehead atoms. The minimum Gasteiger partial charge on any atom is -0.368 e. The summed E-state index contributed by atoms with van der Waals surface area (Å²) in [6.07, 6.45) is 4.35. The van der Waals surface area contributed by atoms with Crippen molar-refractivity contribution in [3.63, 3.8) is 0 Å². The number of primary amides is 1. The molecule has 0 aromatic carbocycles. The quantitative estimate of drug-likeness (QED) is 0.539. The molecule has 1 aromatic heterocycles. The highest BCUT2D eigenvalue weighted by molar-refractivity contribution is 7.99. The van der Waals surface area contributed by atoms with Gasteiger partial charge in [-0.2, -0.15) is 0 Å². The first-order valence-corrected chi connectivity index (χ1v) is 8.52. The van der Waals surface area contributed by atoms with Gasteiger partial charge >= 0.3 is 0 Å².